The Hall–Kier alpha value is -1.71. The predicted octanol–water partition coefficient (Wildman–Crippen LogP) is 2.96. The van der Waals surface area contributed by atoms with Gasteiger partial charge in [-0.1, -0.05) is 19.3 Å². The number of aromatic hydroxyl groups is 1. The van der Waals surface area contributed by atoms with Gasteiger partial charge in [0.1, 0.15) is 0 Å². The second kappa shape index (κ2) is 5.58. The number of carbonyl (C=O) groups excluding carboxylic acids is 1. The summed E-state index contributed by atoms with van der Waals surface area (Å²) in [4.78, 5) is 13.1. The maximum atomic E-state index is 11.2. The third-order valence-electron chi connectivity index (χ3n) is 5.19. The number of methoxy groups -OCH3 is 1. The Kier molecular flexibility index (Phi) is 3.79. The smallest absolute Gasteiger partial charge is 0.210 e. The maximum Gasteiger partial charge on any atom is 0.210 e. The van der Waals surface area contributed by atoms with Crippen molar-refractivity contribution >= 4 is 6.41 Å². The minimum atomic E-state index is 0.145. The SMILES string of the molecule is COc1cc2c(cc1O)CN(C=O)CCC21CCCCC1. The van der Waals surface area contributed by atoms with Gasteiger partial charge in [0, 0.05) is 13.1 Å². The largest absolute Gasteiger partial charge is 0.504 e. The normalized spacial score (nSPS) is 20.7. The fourth-order valence-electron chi connectivity index (χ4n) is 4.03. The van der Waals surface area contributed by atoms with Gasteiger partial charge in [-0.3, -0.25) is 4.79 Å². The number of hydrogen-bond acceptors (Lipinski definition) is 3. The number of amides is 1. The van der Waals surface area contributed by atoms with Crippen LogP contribution in [0, 0.1) is 0 Å². The molecule has 2 aliphatic rings. The standard InChI is InChI=1S/C17H23NO3/c1-21-16-10-14-13(9-15(16)20)11-18(12-19)8-7-17(14)5-3-2-4-6-17/h9-10,12,20H,2-8,11H2,1H3. The van der Waals surface area contributed by atoms with Crippen molar-refractivity contribution in [2.75, 3.05) is 13.7 Å². The monoisotopic (exact) mass is 289 g/mol. The number of phenolic OH excluding ortho intramolecular Hbond substituents is 1. The van der Waals surface area contributed by atoms with Crippen LogP contribution < -0.4 is 4.74 Å². The molecule has 1 aromatic carbocycles. The second-order valence-corrected chi connectivity index (χ2v) is 6.35. The van der Waals surface area contributed by atoms with Gasteiger partial charge in [-0.2, -0.15) is 0 Å². The van der Waals surface area contributed by atoms with Crippen molar-refractivity contribution in [1.29, 1.82) is 0 Å². The van der Waals surface area contributed by atoms with Gasteiger partial charge in [-0.25, -0.2) is 0 Å². The average molecular weight is 289 g/mol. The zero-order chi connectivity index (χ0) is 14.9. The molecule has 0 unspecified atom stereocenters. The first-order chi connectivity index (χ1) is 10.2. The van der Waals surface area contributed by atoms with Gasteiger partial charge in [0.05, 0.1) is 7.11 Å². The molecule has 1 heterocycles. The molecule has 0 radical (unpaired) electrons. The molecule has 4 heteroatoms. The van der Waals surface area contributed by atoms with E-state index in [1.807, 2.05) is 11.0 Å². The lowest BCUT2D eigenvalue weighted by Gasteiger charge is -2.38. The minimum absolute atomic E-state index is 0.145. The van der Waals surface area contributed by atoms with Gasteiger partial charge < -0.3 is 14.7 Å². The van der Waals surface area contributed by atoms with Crippen LogP contribution in [-0.4, -0.2) is 30.1 Å². The highest BCUT2D eigenvalue weighted by Crippen LogP contribution is 2.47. The molecule has 4 nitrogen and oxygen atoms in total. The van der Waals surface area contributed by atoms with E-state index < -0.39 is 0 Å². The molecule has 1 fully saturated rings. The number of carbonyl (C=O) groups is 1. The Balaban J connectivity index is 2.11. The number of hydrogen-bond donors (Lipinski definition) is 1. The van der Waals surface area contributed by atoms with Crippen LogP contribution in [0.5, 0.6) is 11.5 Å². The van der Waals surface area contributed by atoms with Crippen molar-refractivity contribution in [3.05, 3.63) is 23.3 Å². The third kappa shape index (κ3) is 2.47. The summed E-state index contributed by atoms with van der Waals surface area (Å²) < 4.78 is 5.31. The van der Waals surface area contributed by atoms with Gasteiger partial charge in [-0.05, 0) is 47.9 Å². The Morgan fingerprint density at radius 2 is 2.00 bits per heavy atom. The first-order valence-corrected chi connectivity index (χ1v) is 7.78. The Morgan fingerprint density at radius 3 is 2.67 bits per heavy atom. The first-order valence-electron chi connectivity index (χ1n) is 7.78. The number of phenols is 1. The van der Waals surface area contributed by atoms with Crippen LogP contribution >= 0.6 is 0 Å². The zero-order valence-corrected chi connectivity index (χ0v) is 12.6. The lowest BCUT2D eigenvalue weighted by atomic mass is 9.66. The highest BCUT2D eigenvalue weighted by atomic mass is 16.5. The van der Waals surface area contributed by atoms with Crippen LogP contribution in [0.1, 0.15) is 49.7 Å². The summed E-state index contributed by atoms with van der Waals surface area (Å²) >= 11 is 0. The lowest BCUT2D eigenvalue weighted by molar-refractivity contribution is -0.118. The van der Waals surface area contributed by atoms with Gasteiger partial charge >= 0.3 is 0 Å². The lowest BCUT2D eigenvalue weighted by Crippen LogP contribution is -2.31. The molecule has 1 N–H and O–H groups in total. The minimum Gasteiger partial charge on any atom is -0.504 e. The Bertz CT molecular complexity index is 535. The van der Waals surface area contributed by atoms with Gasteiger partial charge in [0.25, 0.3) is 0 Å². The maximum absolute atomic E-state index is 11.2. The molecule has 1 aliphatic heterocycles. The molecule has 3 rings (SSSR count). The molecule has 0 aromatic heterocycles. The van der Waals surface area contributed by atoms with Crippen LogP contribution in [0.3, 0.4) is 0 Å². The number of rotatable bonds is 2. The van der Waals surface area contributed by atoms with Crippen molar-refractivity contribution in [2.45, 2.75) is 50.5 Å². The van der Waals surface area contributed by atoms with E-state index in [1.165, 1.54) is 37.7 Å². The van der Waals surface area contributed by atoms with E-state index in [0.29, 0.717) is 12.3 Å². The van der Waals surface area contributed by atoms with E-state index in [0.717, 1.165) is 24.9 Å². The summed E-state index contributed by atoms with van der Waals surface area (Å²) in [6.07, 6.45) is 8.04. The van der Waals surface area contributed by atoms with E-state index >= 15 is 0 Å². The number of ether oxygens (including phenoxy) is 1. The fourth-order valence-corrected chi connectivity index (χ4v) is 4.03. The van der Waals surface area contributed by atoms with Crippen molar-refractivity contribution in [3.63, 3.8) is 0 Å². The third-order valence-corrected chi connectivity index (χ3v) is 5.19. The number of nitrogens with zero attached hydrogens (tertiary/aromatic N) is 1. The van der Waals surface area contributed by atoms with Crippen LogP contribution in [0.25, 0.3) is 0 Å². The summed E-state index contributed by atoms with van der Waals surface area (Å²) in [5.74, 6) is 0.702. The quantitative estimate of drug-likeness (QED) is 0.852. The molecule has 1 amide bonds. The van der Waals surface area contributed by atoms with Crippen molar-refractivity contribution in [2.24, 2.45) is 0 Å². The highest BCUT2D eigenvalue weighted by Gasteiger charge is 2.38. The first kappa shape index (κ1) is 14.2. The summed E-state index contributed by atoms with van der Waals surface area (Å²) in [6.45, 7) is 1.37. The van der Waals surface area contributed by atoms with Gasteiger partial charge in [0.15, 0.2) is 11.5 Å². The Labute approximate surface area is 125 Å². The van der Waals surface area contributed by atoms with Crippen molar-refractivity contribution < 1.29 is 14.6 Å². The van der Waals surface area contributed by atoms with Crippen molar-refractivity contribution in [3.8, 4) is 11.5 Å². The highest BCUT2D eigenvalue weighted by molar-refractivity contribution is 5.53. The molecular weight excluding hydrogens is 266 g/mol. The molecule has 1 spiro atoms. The summed E-state index contributed by atoms with van der Waals surface area (Å²) in [5, 5.41) is 10.1. The van der Waals surface area contributed by atoms with E-state index in [2.05, 4.69) is 0 Å². The summed E-state index contributed by atoms with van der Waals surface area (Å²) in [7, 11) is 1.59. The van der Waals surface area contributed by atoms with E-state index in [1.54, 1.807) is 13.2 Å². The number of benzene rings is 1. The van der Waals surface area contributed by atoms with Crippen LogP contribution in [0.4, 0.5) is 0 Å². The molecule has 21 heavy (non-hydrogen) atoms. The molecule has 0 saturated heterocycles. The fraction of sp³-hybridized carbons (Fsp3) is 0.588. The molecule has 0 bridgehead atoms. The van der Waals surface area contributed by atoms with Crippen molar-refractivity contribution in [1.82, 2.24) is 4.90 Å². The van der Waals surface area contributed by atoms with E-state index in [9.17, 15) is 9.90 Å². The van der Waals surface area contributed by atoms with Crippen LogP contribution in [-0.2, 0) is 16.8 Å². The van der Waals surface area contributed by atoms with Gasteiger partial charge in [-0.15, -0.1) is 0 Å². The summed E-state index contributed by atoms with van der Waals surface area (Å²) in [5.41, 5.74) is 2.49. The molecule has 1 aliphatic carbocycles. The topological polar surface area (TPSA) is 49.8 Å². The van der Waals surface area contributed by atoms with E-state index in [4.69, 9.17) is 4.74 Å². The van der Waals surface area contributed by atoms with E-state index in [-0.39, 0.29) is 11.2 Å². The summed E-state index contributed by atoms with van der Waals surface area (Å²) in [6, 6.07) is 3.79. The number of fused-ring (bicyclic) bond motifs is 2. The van der Waals surface area contributed by atoms with Crippen LogP contribution in [0.2, 0.25) is 0 Å². The second-order valence-electron chi connectivity index (χ2n) is 6.35. The molecule has 0 atom stereocenters. The molecule has 1 aromatic rings. The molecular formula is C17H23NO3. The Morgan fingerprint density at radius 1 is 1.24 bits per heavy atom. The zero-order valence-electron chi connectivity index (χ0n) is 12.6. The van der Waals surface area contributed by atoms with Gasteiger partial charge in [0.2, 0.25) is 6.41 Å². The molecule has 1 saturated carbocycles. The average Bonchev–Trinajstić information content (AvgIpc) is 2.65. The van der Waals surface area contributed by atoms with Crippen LogP contribution in [0.15, 0.2) is 12.1 Å². The molecule has 114 valence electrons. The predicted molar refractivity (Wildman–Crippen MR) is 80.5 cm³/mol.